The van der Waals surface area contributed by atoms with Crippen LogP contribution in [0.15, 0.2) is 127 Å². The number of para-hydroxylation sites is 3. The molecule has 0 radical (unpaired) electrons. The molecule has 0 aliphatic heterocycles. The van der Waals surface area contributed by atoms with Crippen molar-refractivity contribution in [1.29, 1.82) is 0 Å². The van der Waals surface area contributed by atoms with Crippen LogP contribution in [0.3, 0.4) is 0 Å². The zero-order valence-electron chi connectivity index (χ0n) is 27.9. The number of aromatic nitrogens is 1. The molecule has 5 aromatic carbocycles. The number of hydrogen-bond acceptors (Lipinski definition) is 1. The second kappa shape index (κ2) is 12.6. The Labute approximate surface area is 270 Å². The van der Waals surface area contributed by atoms with Gasteiger partial charge in [0.25, 0.3) is 0 Å². The molecule has 2 nitrogen and oxygen atoms in total. The Hall–Kier alpha value is -4.30. The molecule has 1 aromatic heterocycles. The van der Waals surface area contributed by atoms with Crippen molar-refractivity contribution in [3.05, 3.63) is 133 Å². The van der Waals surface area contributed by atoms with Gasteiger partial charge in [0.15, 0.2) is 0 Å². The van der Waals surface area contributed by atoms with Crippen LogP contribution >= 0.6 is 0 Å². The molecular formula is C43H48N2. The van der Waals surface area contributed by atoms with Gasteiger partial charge >= 0.3 is 0 Å². The molecule has 0 bridgehead atoms. The number of nitrogens with zero attached hydrogens (tertiary/aromatic N) is 2. The molecule has 0 amide bonds. The molecule has 1 heterocycles. The van der Waals surface area contributed by atoms with E-state index in [1.165, 1.54) is 64.4 Å². The summed E-state index contributed by atoms with van der Waals surface area (Å²) in [6.45, 7) is 14.4. The molecular weight excluding hydrogens is 544 g/mol. The number of benzene rings is 5. The quantitative estimate of drug-likeness (QED) is 0.145. The highest BCUT2D eigenvalue weighted by Crippen LogP contribution is 2.45. The summed E-state index contributed by atoms with van der Waals surface area (Å²) >= 11 is 0. The fourth-order valence-corrected chi connectivity index (χ4v) is 6.80. The van der Waals surface area contributed by atoms with Gasteiger partial charge < -0.3 is 9.47 Å². The van der Waals surface area contributed by atoms with Gasteiger partial charge in [-0.3, -0.25) is 0 Å². The van der Waals surface area contributed by atoms with Gasteiger partial charge in [0.1, 0.15) is 0 Å². The van der Waals surface area contributed by atoms with E-state index in [9.17, 15) is 0 Å². The molecule has 6 aromatic rings. The molecule has 6 rings (SSSR count). The minimum absolute atomic E-state index is 0.239. The first-order chi connectivity index (χ1) is 21.7. The third-order valence-corrected chi connectivity index (χ3v) is 10.4. The fourth-order valence-electron chi connectivity index (χ4n) is 6.80. The van der Waals surface area contributed by atoms with E-state index >= 15 is 0 Å². The van der Waals surface area contributed by atoms with Crippen LogP contribution in [0.25, 0.3) is 27.5 Å². The summed E-state index contributed by atoms with van der Waals surface area (Å²) in [5.74, 6) is 0.521. The van der Waals surface area contributed by atoms with E-state index in [1.54, 1.807) is 0 Å². The average molecular weight is 593 g/mol. The molecule has 1 atom stereocenters. The third-order valence-electron chi connectivity index (χ3n) is 10.4. The Balaban J connectivity index is 1.44. The summed E-state index contributed by atoms with van der Waals surface area (Å²) in [7, 11) is 0. The maximum Gasteiger partial charge on any atom is 0.0542 e. The van der Waals surface area contributed by atoms with Crippen molar-refractivity contribution in [2.45, 2.75) is 73.1 Å². The smallest absolute Gasteiger partial charge is 0.0542 e. The first-order valence-electron chi connectivity index (χ1n) is 16.8. The Bertz CT molecular complexity index is 1860. The van der Waals surface area contributed by atoms with Crippen molar-refractivity contribution in [2.75, 3.05) is 4.90 Å². The van der Waals surface area contributed by atoms with Gasteiger partial charge in [-0.1, -0.05) is 121 Å². The maximum absolute atomic E-state index is 2.45. The highest BCUT2D eigenvalue weighted by atomic mass is 15.1. The van der Waals surface area contributed by atoms with Crippen LogP contribution in [0, 0.1) is 10.8 Å². The van der Waals surface area contributed by atoms with Gasteiger partial charge in [0.05, 0.1) is 11.0 Å². The lowest BCUT2D eigenvalue weighted by atomic mass is 9.69. The van der Waals surface area contributed by atoms with Crippen LogP contribution < -0.4 is 4.90 Å². The summed E-state index contributed by atoms with van der Waals surface area (Å²) in [5, 5.41) is 2.52. The summed E-state index contributed by atoms with van der Waals surface area (Å²) in [6, 6.07) is 46.6. The summed E-state index contributed by atoms with van der Waals surface area (Å²) in [5.41, 5.74) is 9.18. The zero-order chi connectivity index (χ0) is 31.6. The molecule has 0 aliphatic carbocycles. The lowest BCUT2D eigenvalue weighted by Gasteiger charge is -2.37. The Morgan fingerprint density at radius 1 is 0.578 bits per heavy atom. The zero-order valence-corrected chi connectivity index (χ0v) is 27.9. The molecule has 0 fully saturated rings. The van der Waals surface area contributed by atoms with Crippen LogP contribution in [0.1, 0.15) is 78.7 Å². The van der Waals surface area contributed by atoms with Crippen molar-refractivity contribution in [1.82, 2.24) is 4.57 Å². The molecule has 0 saturated carbocycles. The van der Waals surface area contributed by atoms with E-state index in [0.29, 0.717) is 11.3 Å². The van der Waals surface area contributed by atoms with Crippen LogP contribution in [0.5, 0.6) is 0 Å². The van der Waals surface area contributed by atoms with Gasteiger partial charge in [-0.2, -0.15) is 0 Å². The van der Waals surface area contributed by atoms with Gasteiger partial charge in [0, 0.05) is 33.5 Å². The standard InChI is InChI=1S/C43H48N2/c1-7-42(3,4)30-29-39(43(5,6)8-2)32-23-25-35(26-24-32)44(33-17-11-9-12-18-33)36-27-28-41-38(31-36)37-21-15-16-22-40(37)45(41)34-19-13-10-14-20-34/h9-28,31,39H,7-8,29-30H2,1-6H3. The minimum Gasteiger partial charge on any atom is -0.310 e. The molecule has 1 unspecified atom stereocenters. The number of fused-ring (bicyclic) bond motifs is 3. The number of anilines is 3. The van der Waals surface area contributed by atoms with Crippen molar-refractivity contribution in [3.8, 4) is 5.69 Å². The van der Waals surface area contributed by atoms with Gasteiger partial charge in [-0.25, -0.2) is 0 Å². The van der Waals surface area contributed by atoms with Crippen molar-refractivity contribution >= 4 is 38.9 Å². The first-order valence-corrected chi connectivity index (χ1v) is 16.8. The second-order valence-corrected chi connectivity index (χ2v) is 14.1. The second-order valence-electron chi connectivity index (χ2n) is 14.1. The molecule has 0 aliphatic rings. The van der Waals surface area contributed by atoms with Crippen LogP contribution in [0.4, 0.5) is 17.1 Å². The number of hydrogen-bond donors (Lipinski definition) is 0. The van der Waals surface area contributed by atoms with E-state index < -0.39 is 0 Å². The predicted octanol–water partition coefficient (Wildman–Crippen LogP) is 13.0. The topological polar surface area (TPSA) is 8.17 Å². The fraction of sp³-hybridized carbons (Fsp3) is 0.302. The van der Waals surface area contributed by atoms with E-state index in [0.717, 1.165) is 11.4 Å². The first kappa shape index (κ1) is 30.7. The van der Waals surface area contributed by atoms with Crippen LogP contribution in [-0.2, 0) is 0 Å². The van der Waals surface area contributed by atoms with Crippen molar-refractivity contribution in [3.63, 3.8) is 0 Å². The molecule has 2 heteroatoms. The van der Waals surface area contributed by atoms with E-state index in [-0.39, 0.29) is 5.41 Å². The highest BCUT2D eigenvalue weighted by Gasteiger charge is 2.31. The van der Waals surface area contributed by atoms with E-state index in [1.807, 2.05) is 0 Å². The summed E-state index contributed by atoms with van der Waals surface area (Å²) < 4.78 is 2.38. The lowest BCUT2D eigenvalue weighted by Crippen LogP contribution is -2.23. The van der Waals surface area contributed by atoms with Gasteiger partial charge in [-0.05, 0) is 95.8 Å². The largest absolute Gasteiger partial charge is 0.310 e. The Kier molecular flexibility index (Phi) is 8.60. The van der Waals surface area contributed by atoms with E-state index in [2.05, 4.69) is 178 Å². The number of rotatable bonds is 11. The Morgan fingerprint density at radius 2 is 1.16 bits per heavy atom. The lowest BCUT2D eigenvalue weighted by molar-refractivity contribution is 0.219. The van der Waals surface area contributed by atoms with Crippen LogP contribution in [0.2, 0.25) is 0 Å². The average Bonchev–Trinajstić information content (AvgIpc) is 3.40. The third kappa shape index (κ3) is 6.16. The highest BCUT2D eigenvalue weighted by molar-refractivity contribution is 6.10. The minimum atomic E-state index is 0.239. The normalized spacial score (nSPS) is 12.9. The molecule has 0 spiro atoms. The Morgan fingerprint density at radius 3 is 1.82 bits per heavy atom. The van der Waals surface area contributed by atoms with E-state index in [4.69, 9.17) is 0 Å². The summed E-state index contributed by atoms with van der Waals surface area (Å²) in [6.07, 6.45) is 4.84. The molecule has 45 heavy (non-hydrogen) atoms. The predicted molar refractivity (Wildman–Crippen MR) is 196 cm³/mol. The van der Waals surface area contributed by atoms with Crippen LogP contribution in [-0.4, -0.2) is 4.57 Å². The maximum atomic E-state index is 2.45. The summed E-state index contributed by atoms with van der Waals surface area (Å²) in [4.78, 5) is 2.40. The van der Waals surface area contributed by atoms with Crippen molar-refractivity contribution in [2.24, 2.45) is 10.8 Å². The molecule has 230 valence electrons. The monoisotopic (exact) mass is 592 g/mol. The molecule has 0 saturated heterocycles. The van der Waals surface area contributed by atoms with Crippen molar-refractivity contribution < 1.29 is 0 Å². The molecule has 0 N–H and O–H groups in total. The van der Waals surface area contributed by atoms with Gasteiger partial charge in [-0.15, -0.1) is 0 Å². The van der Waals surface area contributed by atoms with Gasteiger partial charge in [0.2, 0.25) is 0 Å². The SMILES string of the molecule is CCC(C)(C)CCC(c1ccc(N(c2ccccc2)c2ccc3c(c2)c2ccccc2n3-c2ccccc2)cc1)C(C)(C)CC.